The molecule has 0 aliphatic carbocycles. The van der Waals surface area contributed by atoms with Crippen LogP contribution in [-0.4, -0.2) is 18.8 Å². The van der Waals surface area contributed by atoms with Gasteiger partial charge in [0.1, 0.15) is 0 Å². The van der Waals surface area contributed by atoms with Gasteiger partial charge in [-0.1, -0.05) is 19.4 Å². The average molecular weight is 283 g/mol. The molecule has 4 heteroatoms. The Balaban J connectivity index is 1.93. The smallest absolute Gasteiger partial charge is 0.159 e. The summed E-state index contributed by atoms with van der Waals surface area (Å²) in [7, 11) is 0. The SMILES string of the molecule is CCCC1CC(NC(C)c2ccc(F)c(F)c2)CCO1. The monoisotopic (exact) mass is 283 g/mol. The van der Waals surface area contributed by atoms with Crippen molar-refractivity contribution in [3.8, 4) is 0 Å². The number of hydrogen-bond acceptors (Lipinski definition) is 2. The van der Waals surface area contributed by atoms with Gasteiger partial charge in [-0.05, 0) is 43.9 Å². The summed E-state index contributed by atoms with van der Waals surface area (Å²) in [6.07, 6.45) is 4.48. The third-order valence-electron chi connectivity index (χ3n) is 3.91. The van der Waals surface area contributed by atoms with Crippen molar-refractivity contribution in [2.24, 2.45) is 0 Å². The van der Waals surface area contributed by atoms with Crippen LogP contribution in [0.15, 0.2) is 18.2 Å². The third-order valence-corrected chi connectivity index (χ3v) is 3.91. The van der Waals surface area contributed by atoms with Crippen molar-refractivity contribution in [3.63, 3.8) is 0 Å². The zero-order valence-corrected chi connectivity index (χ0v) is 12.2. The fourth-order valence-electron chi connectivity index (χ4n) is 2.79. The molecule has 0 amide bonds. The van der Waals surface area contributed by atoms with Gasteiger partial charge < -0.3 is 10.1 Å². The fraction of sp³-hybridized carbons (Fsp3) is 0.625. The Morgan fingerprint density at radius 3 is 2.85 bits per heavy atom. The van der Waals surface area contributed by atoms with Gasteiger partial charge >= 0.3 is 0 Å². The molecule has 1 aromatic carbocycles. The number of nitrogens with one attached hydrogen (secondary N) is 1. The van der Waals surface area contributed by atoms with Gasteiger partial charge in [0.25, 0.3) is 0 Å². The second-order valence-electron chi connectivity index (χ2n) is 5.56. The van der Waals surface area contributed by atoms with Crippen LogP contribution < -0.4 is 5.32 Å². The first-order chi connectivity index (χ1) is 9.60. The summed E-state index contributed by atoms with van der Waals surface area (Å²) >= 11 is 0. The van der Waals surface area contributed by atoms with E-state index in [-0.39, 0.29) is 6.04 Å². The van der Waals surface area contributed by atoms with Gasteiger partial charge in [-0.2, -0.15) is 0 Å². The molecule has 0 saturated carbocycles. The van der Waals surface area contributed by atoms with Gasteiger partial charge in [0.2, 0.25) is 0 Å². The van der Waals surface area contributed by atoms with Crippen LogP contribution in [0.1, 0.15) is 51.1 Å². The van der Waals surface area contributed by atoms with E-state index >= 15 is 0 Å². The van der Waals surface area contributed by atoms with E-state index in [0.717, 1.165) is 37.9 Å². The molecule has 1 aliphatic heterocycles. The normalized spacial score (nSPS) is 24.6. The van der Waals surface area contributed by atoms with Crippen LogP contribution >= 0.6 is 0 Å². The number of benzene rings is 1. The topological polar surface area (TPSA) is 21.3 Å². The van der Waals surface area contributed by atoms with Crippen molar-refractivity contribution in [2.75, 3.05) is 6.61 Å². The van der Waals surface area contributed by atoms with Crippen LogP contribution in [0.2, 0.25) is 0 Å². The maximum atomic E-state index is 13.3. The zero-order chi connectivity index (χ0) is 14.5. The Morgan fingerprint density at radius 2 is 2.15 bits per heavy atom. The predicted octanol–water partition coefficient (Wildman–Crippen LogP) is 3.96. The van der Waals surface area contributed by atoms with Gasteiger partial charge in [0, 0.05) is 18.7 Å². The molecule has 1 heterocycles. The number of hydrogen-bond donors (Lipinski definition) is 1. The number of rotatable bonds is 5. The van der Waals surface area contributed by atoms with Gasteiger partial charge in [0.15, 0.2) is 11.6 Å². The van der Waals surface area contributed by atoms with E-state index in [9.17, 15) is 8.78 Å². The molecule has 3 unspecified atom stereocenters. The minimum absolute atomic E-state index is 0.00970. The Morgan fingerprint density at radius 1 is 1.35 bits per heavy atom. The van der Waals surface area contributed by atoms with Crippen molar-refractivity contribution in [2.45, 2.75) is 57.7 Å². The highest BCUT2D eigenvalue weighted by Crippen LogP contribution is 2.22. The molecule has 2 rings (SSSR count). The lowest BCUT2D eigenvalue weighted by atomic mass is 9.98. The van der Waals surface area contributed by atoms with E-state index in [4.69, 9.17) is 4.74 Å². The Labute approximate surface area is 119 Å². The van der Waals surface area contributed by atoms with Gasteiger partial charge in [-0.3, -0.25) is 0 Å². The molecular formula is C16H23F2NO. The summed E-state index contributed by atoms with van der Waals surface area (Å²) < 4.78 is 31.9. The fourth-order valence-corrected chi connectivity index (χ4v) is 2.79. The maximum Gasteiger partial charge on any atom is 0.159 e. The third kappa shape index (κ3) is 4.00. The minimum Gasteiger partial charge on any atom is -0.378 e. The second-order valence-corrected chi connectivity index (χ2v) is 5.56. The molecule has 0 bridgehead atoms. The average Bonchev–Trinajstić information content (AvgIpc) is 2.42. The van der Waals surface area contributed by atoms with Crippen LogP contribution in [0, 0.1) is 11.6 Å². The van der Waals surface area contributed by atoms with E-state index in [1.165, 1.54) is 12.1 Å². The molecule has 1 aromatic rings. The first-order valence-electron chi connectivity index (χ1n) is 7.42. The highest BCUT2D eigenvalue weighted by atomic mass is 19.2. The lowest BCUT2D eigenvalue weighted by Crippen LogP contribution is -2.40. The standard InChI is InChI=1S/C16H23F2NO/c1-3-4-14-10-13(7-8-20-14)19-11(2)12-5-6-15(17)16(18)9-12/h5-6,9,11,13-14,19H,3-4,7-8,10H2,1-2H3. The van der Waals surface area contributed by atoms with E-state index in [2.05, 4.69) is 12.2 Å². The molecule has 3 atom stereocenters. The summed E-state index contributed by atoms with van der Waals surface area (Å²) in [5.74, 6) is -1.58. The summed E-state index contributed by atoms with van der Waals surface area (Å²) in [6.45, 7) is 4.91. The van der Waals surface area contributed by atoms with Crippen molar-refractivity contribution >= 4 is 0 Å². The summed E-state index contributed by atoms with van der Waals surface area (Å²) in [5.41, 5.74) is 0.780. The quantitative estimate of drug-likeness (QED) is 0.883. The van der Waals surface area contributed by atoms with E-state index in [0.29, 0.717) is 12.1 Å². The van der Waals surface area contributed by atoms with Crippen molar-refractivity contribution in [1.82, 2.24) is 5.32 Å². The van der Waals surface area contributed by atoms with E-state index in [1.807, 2.05) is 6.92 Å². The summed E-state index contributed by atoms with van der Waals surface area (Å²) in [5, 5.41) is 3.50. The largest absolute Gasteiger partial charge is 0.378 e. The summed E-state index contributed by atoms with van der Waals surface area (Å²) in [4.78, 5) is 0. The first kappa shape index (κ1) is 15.4. The molecule has 112 valence electrons. The lowest BCUT2D eigenvalue weighted by Gasteiger charge is -2.32. The Kier molecular flexibility index (Phi) is 5.49. The highest BCUT2D eigenvalue weighted by molar-refractivity contribution is 5.20. The van der Waals surface area contributed by atoms with Crippen LogP contribution in [-0.2, 0) is 4.74 Å². The molecular weight excluding hydrogens is 260 g/mol. The number of ether oxygens (including phenoxy) is 1. The van der Waals surface area contributed by atoms with Crippen LogP contribution in [0.25, 0.3) is 0 Å². The van der Waals surface area contributed by atoms with Gasteiger partial charge in [0.05, 0.1) is 6.10 Å². The lowest BCUT2D eigenvalue weighted by molar-refractivity contribution is -0.00473. The second kappa shape index (κ2) is 7.14. The van der Waals surface area contributed by atoms with Crippen LogP contribution in [0.3, 0.4) is 0 Å². The Hall–Kier alpha value is -1.00. The van der Waals surface area contributed by atoms with Gasteiger partial charge in [-0.25, -0.2) is 8.78 Å². The highest BCUT2D eigenvalue weighted by Gasteiger charge is 2.23. The van der Waals surface area contributed by atoms with Crippen molar-refractivity contribution < 1.29 is 13.5 Å². The van der Waals surface area contributed by atoms with Crippen molar-refractivity contribution in [3.05, 3.63) is 35.4 Å². The number of halogens is 2. The maximum absolute atomic E-state index is 13.3. The Bertz CT molecular complexity index is 436. The molecule has 0 spiro atoms. The molecule has 0 radical (unpaired) electrons. The predicted molar refractivity (Wildman–Crippen MR) is 75.6 cm³/mol. The van der Waals surface area contributed by atoms with Crippen molar-refractivity contribution in [1.29, 1.82) is 0 Å². The minimum atomic E-state index is -0.796. The summed E-state index contributed by atoms with van der Waals surface area (Å²) in [6, 6.07) is 4.49. The van der Waals surface area contributed by atoms with Gasteiger partial charge in [-0.15, -0.1) is 0 Å². The van der Waals surface area contributed by atoms with E-state index in [1.54, 1.807) is 6.07 Å². The van der Waals surface area contributed by atoms with Crippen LogP contribution in [0.4, 0.5) is 8.78 Å². The molecule has 1 aliphatic rings. The molecule has 1 saturated heterocycles. The zero-order valence-electron chi connectivity index (χ0n) is 12.2. The van der Waals surface area contributed by atoms with E-state index < -0.39 is 11.6 Å². The molecule has 2 nitrogen and oxygen atoms in total. The molecule has 20 heavy (non-hydrogen) atoms. The first-order valence-corrected chi connectivity index (χ1v) is 7.42. The molecule has 1 fully saturated rings. The van der Waals surface area contributed by atoms with Crippen LogP contribution in [0.5, 0.6) is 0 Å². The molecule has 0 aromatic heterocycles. The molecule has 1 N–H and O–H groups in total.